The number of unbranched alkanes of at least 4 members (excludes halogenated alkanes) is 4. The molecule has 0 fully saturated rings. The number of imidazole rings is 1. The Labute approximate surface area is 131 Å². The van der Waals surface area contributed by atoms with Crippen molar-refractivity contribution < 1.29 is 0 Å². The lowest BCUT2D eigenvalue weighted by atomic mass is 10.0. The number of nitrogen functional groups attached to an aromatic ring is 1. The summed E-state index contributed by atoms with van der Waals surface area (Å²) in [6.45, 7) is 4.41. The zero-order valence-electron chi connectivity index (χ0n) is 13.6. The molecule has 0 spiro atoms. The average molecular weight is 305 g/mol. The number of rotatable bonds is 9. The molecule has 2 rings (SSSR count). The van der Waals surface area contributed by atoms with Crippen LogP contribution in [0.3, 0.4) is 0 Å². The predicted molar refractivity (Wildman–Crippen MR) is 89.9 cm³/mol. The molecule has 0 bridgehead atoms. The number of fused-ring (bicyclic) bond motifs is 1. The van der Waals surface area contributed by atoms with Gasteiger partial charge in [0.2, 0.25) is 5.95 Å². The van der Waals surface area contributed by atoms with Gasteiger partial charge in [0.05, 0.1) is 6.33 Å². The monoisotopic (exact) mass is 305 g/mol. The van der Waals surface area contributed by atoms with Gasteiger partial charge in [-0.25, -0.2) is 4.98 Å². The zero-order chi connectivity index (χ0) is 15.9. The van der Waals surface area contributed by atoms with Crippen molar-refractivity contribution in [2.75, 3.05) is 5.73 Å². The Hall–Kier alpha value is -1.85. The molecule has 0 saturated carbocycles. The first-order valence-corrected chi connectivity index (χ1v) is 8.39. The molecule has 2 aromatic rings. The van der Waals surface area contributed by atoms with Crippen LogP contribution in [0, 0.1) is 0 Å². The van der Waals surface area contributed by atoms with E-state index in [9.17, 15) is 4.79 Å². The smallest absolute Gasteiger partial charge is 0.280 e. The van der Waals surface area contributed by atoms with Gasteiger partial charge in [-0.1, -0.05) is 52.4 Å². The molecule has 0 amide bonds. The third-order valence-corrected chi connectivity index (χ3v) is 4.11. The van der Waals surface area contributed by atoms with Gasteiger partial charge in [-0.3, -0.25) is 9.78 Å². The molecule has 0 aliphatic carbocycles. The van der Waals surface area contributed by atoms with Crippen molar-refractivity contribution in [3.8, 4) is 0 Å². The Bertz CT molecular complexity index is 646. The number of H-pyrrole nitrogens is 1. The van der Waals surface area contributed by atoms with E-state index in [1.807, 2.05) is 4.57 Å². The van der Waals surface area contributed by atoms with Gasteiger partial charge in [0.25, 0.3) is 5.56 Å². The highest BCUT2D eigenvalue weighted by molar-refractivity contribution is 5.70. The molecule has 2 heterocycles. The van der Waals surface area contributed by atoms with Crippen LogP contribution in [0.2, 0.25) is 0 Å². The van der Waals surface area contributed by atoms with E-state index in [0.29, 0.717) is 17.2 Å². The fraction of sp³-hybridized carbons (Fsp3) is 0.688. The normalized spacial score (nSPS) is 12.8. The summed E-state index contributed by atoms with van der Waals surface area (Å²) in [7, 11) is 0. The third kappa shape index (κ3) is 3.87. The number of aromatic nitrogens is 4. The Morgan fingerprint density at radius 3 is 2.68 bits per heavy atom. The number of hydrogen-bond acceptors (Lipinski definition) is 4. The van der Waals surface area contributed by atoms with Crippen LogP contribution in [0.25, 0.3) is 11.2 Å². The van der Waals surface area contributed by atoms with E-state index in [2.05, 4.69) is 28.8 Å². The molecule has 0 saturated heterocycles. The van der Waals surface area contributed by atoms with Crippen molar-refractivity contribution in [3.05, 3.63) is 16.7 Å². The highest BCUT2D eigenvalue weighted by atomic mass is 16.1. The van der Waals surface area contributed by atoms with E-state index in [0.717, 1.165) is 19.3 Å². The van der Waals surface area contributed by atoms with E-state index in [1.54, 1.807) is 6.33 Å². The predicted octanol–water partition coefficient (Wildman–Crippen LogP) is 3.40. The molecule has 122 valence electrons. The zero-order valence-corrected chi connectivity index (χ0v) is 13.6. The molecule has 0 radical (unpaired) electrons. The fourth-order valence-corrected chi connectivity index (χ4v) is 2.95. The summed E-state index contributed by atoms with van der Waals surface area (Å²) in [5, 5.41) is 0. The van der Waals surface area contributed by atoms with Gasteiger partial charge in [0, 0.05) is 6.04 Å². The van der Waals surface area contributed by atoms with Crippen LogP contribution in [0.5, 0.6) is 0 Å². The second kappa shape index (κ2) is 7.96. The molecule has 3 N–H and O–H groups in total. The van der Waals surface area contributed by atoms with E-state index >= 15 is 0 Å². The Kier molecular flexibility index (Phi) is 5.98. The van der Waals surface area contributed by atoms with Crippen LogP contribution in [-0.4, -0.2) is 19.5 Å². The van der Waals surface area contributed by atoms with Crippen molar-refractivity contribution in [1.82, 2.24) is 19.5 Å². The summed E-state index contributed by atoms with van der Waals surface area (Å²) in [6.07, 6.45) is 11.3. The van der Waals surface area contributed by atoms with Gasteiger partial charge >= 0.3 is 0 Å². The number of aromatic amines is 1. The summed E-state index contributed by atoms with van der Waals surface area (Å²) in [5.74, 6) is 0.150. The van der Waals surface area contributed by atoms with Crippen molar-refractivity contribution >= 4 is 17.1 Å². The topological polar surface area (TPSA) is 89.6 Å². The summed E-state index contributed by atoms with van der Waals surface area (Å²) >= 11 is 0. The lowest BCUT2D eigenvalue weighted by molar-refractivity contribution is 0.415. The van der Waals surface area contributed by atoms with Crippen LogP contribution in [0.1, 0.15) is 71.3 Å². The molecule has 6 heteroatoms. The van der Waals surface area contributed by atoms with Crippen molar-refractivity contribution in [2.24, 2.45) is 0 Å². The maximum atomic E-state index is 11.9. The SMILES string of the molecule is CCCCCCCC(CCC)n1cnc2c(=O)[nH]c(N)nc21. The molecule has 22 heavy (non-hydrogen) atoms. The Morgan fingerprint density at radius 2 is 1.95 bits per heavy atom. The molecule has 0 aliphatic rings. The first-order chi connectivity index (χ1) is 10.7. The fourth-order valence-electron chi connectivity index (χ4n) is 2.95. The van der Waals surface area contributed by atoms with Gasteiger partial charge in [-0.15, -0.1) is 0 Å². The first-order valence-electron chi connectivity index (χ1n) is 8.39. The van der Waals surface area contributed by atoms with Crippen LogP contribution in [0.4, 0.5) is 5.95 Å². The van der Waals surface area contributed by atoms with Gasteiger partial charge in [0.1, 0.15) is 0 Å². The number of nitrogens with zero attached hydrogens (tertiary/aromatic N) is 3. The van der Waals surface area contributed by atoms with Gasteiger partial charge in [0.15, 0.2) is 11.2 Å². The largest absolute Gasteiger partial charge is 0.369 e. The van der Waals surface area contributed by atoms with Crippen LogP contribution in [0.15, 0.2) is 11.1 Å². The average Bonchev–Trinajstić information content (AvgIpc) is 2.90. The molecule has 6 nitrogen and oxygen atoms in total. The number of nitrogens with one attached hydrogen (secondary N) is 1. The highest BCUT2D eigenvalue weighted by Crippen LogP contribution is 2.24. The summed E-state index contributed by atoms with van der Waals surface area (Å²) < 4.78 is 2.03. The van der Waals surface area contributed by atoms with E-state index < -0.39 is 0 Å². The second-order valence-corrected chi connectivity index (χ2v) is 5.92. The lowest BCUT2D eigenvalue weighted by Gasteiger charge is -2.18. The van der Waals surface area contributed by atoms with Gasteiger partial charge in [-0.05, 0) is 12.8 Å². The Balaban J connectivity index is 2.16. The van der Waals surface area contributed by atoms with Crippen molar-refractivity contribution in [1.29, 1.82) is 0 Å². The molecule has 2 aromatic heterocycles. The van der Waals surface area contributed by atoms with E-state index in [1.165, 1.54) is 32.1 Å². The third-order valence-electron chi connectivity index (χ3n) is 4.11. The molecule has 0 aromatic carbocycles. The van der Waals surface area contributed by atoms with Crippen LogP contribution in [-0.2, 0) is 0 Å². The minimum atomic E-state index is -0.264. The molecular formula is C16H27N5O. The maximum Gasteiger partial charge on any atom is 0.280 e. The summed E-state index contributed by atoms with van der Waals surface area (Å²) in [5.41, 5.74) is 6.39. The van der Waals surface area contributed by atoms with Crippen molar-refractivity contribution in [2.45, 2.75) is 71.3 Å². The molecule has 1 unspecified atom stereocenters. The van der Waals surface area contributed by atoms with E-state index in [4.69, 9.17) is 5.73 Å². The minimum absolute atomic E-state index is 0.150. The number of anilines is 1. The van der Waals surface area contributed by atoms with Crippen molar-refractivity contribution in [3.63, 3.8) is 0 Å². The number of nitrogens with two attached hydrogens (primary N) is 1. The molecule has 0 aliphatic heterocycles. The summed E-state index contributed by atoms with van der Waals surface area (Å²) in [6, 6.07) is 0.338. The maximum absolute atomic E-state index is 11.9. The lowest BCUT2D eigenvalue weighted by Crippen LogP contribution is -2.14. The molecular weight excluding hydrogens is 278 g/mol. The first kappa shape index (κ1) is 16.5. The molecule has 1 atom stereocenters. The number of hydrogen-bond donors (Lipinski definition) is 2. The van der Waals surface area contributed by atoms with Gasteiger partial charge in [-0.2, -0.15) is 4.98 Å². The van der Waals surface area contributed by atoms with Crippen LogP contribution < -0.4 is 11.3 Å². The summed E-state index contributed by atoms with van der Waals surface area (Å²) in [4.78, 5) is 22.9. The highest BCUT2D eigenvalue weighted by Gasteiger charge is 2.16. The van der Waals surface area contributed by atoms with Crippen LogP contribution >= 0.6 is 0 Å². The standard InChI is InChI=1S/C16H27N5O/c1-3-5-6-7-8-10-12(9-4-2)21-11-18-13-14(21)19-16(17)20-15(13)22/h11-12H,3-10H2,1-2H3,(H3,17,19,20,22). The Morgan fingerprint density at radius 1 is 1.18 bits per heavy atom. The second-order valence-electron chi connectivity index (χ2n) is 5.92. The van der Waals surface area contributed by atoms with E-state index in [-0.39, 0.29) is 11.5 Å². The van der Waals surface area contributed by atoms with Gasteiger partial charge < -0.3 is 10.3 Å². The quantitative estimate of drug-likeness (QED) is 0.695. The minimum Gasteiger partial charge on any atom is -0.369 e.